The molecule has 0 aromatic heterocycles. The largest absolute Gasteiger partial charge is 0.496 e. The Labute approximate surface area is 185 Å². The van der Waals surface area contributed by atoms with E-state index in [0.29, 0.717) is 31.0 Å². The quantitative estimate of drug-likeness (QED) is 0.684. The van der Waals surface area contributed by atoms with Gasteiger partial charge in [0.2, 0.25) is 0 Å². The molecule has 2 fully saturated rings. The fraction of sp³-hybridized carbons (Fsp3) is 0.500. The topological polar surface area (TPSA) is 48.0 Å². The Balaban J connectivity index is 1.49. The summed E-state index contributed by atoms with van der Waals surface area (Å²) in [6, 6.07) is 16.2. The maximum Gasteiger partial charge on any atom is 0.257 e. The highest BCUT2D eigenvalue weighted by molar-refractivity contribution is 5.97. The third-order valence-electron chi connectivity index (χ3n) is 6.59. The lowest BCUT2D eigenvalue weighted by Crippen LogP contribution is -2.52. The summed E-state index contributed by atoms with van der Waals surface area (Å²) in [5, 5.41) is 0. The summed E-state index contributed by atoms with van der Waals surface area (Å²) in [6.45, 7) is 6.11. The van der Waals surface area contributed by atoms with Crippen molar-refractivity contribution in [2.75, 3.05) is 26.8 Å². The minimum atomic E-state index is -0.244. The zero-order valence-corrected chi connectivity index (χ0v) is 18.8. The Bertz CT molecular complexity index is 890. The average molecular weight is 424 g/mol. The molecule has 2 aliphatic heterocycles. The van der Waals surface area contributed by atoms with Crippen LogP contribution >= 0.6 is 0 Å². The zero-order valence-electron chi connectivity index (χ0n) is 18.8. The van der Waals surface area contributed by atoms with E-state index < -0.39 is 0 Å². The molecule has 4 rings (SSSR count). The molecular formula is C26H33NO4. The van der Waals surface area contributed by atoms with Gasteiger partial charge in [-0.25, -0.2) is 0 Å². The second kappa shape index (κ2) is 9.41. The van der Waals surface area contributed by atoms with Crippen molar-refractivity contribution in [3.8, 4) is 5.75 Å². The number of rotatable bonds is 5. The Hall–Kier alpha value is -2.37. The normalized spacial score (nSPS) is 23.0. The lowest BCUT2D eigenvalue weighted by Gasteiger charge is -2.48. The van der Waals surface area contributed by atoms with Crippen LogP contribution < -0.4 is 4.74 Å². The summed E-state index contributed by atoms with van der Waals surface area (Å²) in [6.07, 6.45) is 3.62. The van der Waals surface area contributed by atoms with Crippen molar-refractivity contribution >= 4 is 5.91 Å². The third-order valence-corrected chi connectivity index (χ3v) is 6.59. The van der Waals surface area contributed by atoms with Gasteiger partial charge in [0.1, 0.15) is 5.75 Å². The van der Waals surface area contributed by atoms with Crippen LogP contribution in [0.1, 0.15) is 60.2 Å². The van der Waals surface area contributed by atoms with Crippen molar-refractivity contribution in [1.29, 1.82) is 0 Å². The number of carbonyl (C=O) groups is 1. The number of aryl methyl sites for hydroxylation is 1. The summed E-state index contributed by atoms with van der Waals surface area (Å²) >= 11 is 0. The van der Waals surface area contributed by atoms with E-state index >= 15 is 0 Å². The first-order chi connectivity index (χ1) is 15.0. The second-order valence-corrected chi connectivity index (χ2v) is 8.71. The number of hydrogen-bond donors (Lipinski definition) is 0. The molecule has 2 saturated heterocycles. The van der Waals surface area contributed by atoms with Gasteiger partial charge < -0.3 is 19.1 Å². The fourth-order valence-electron chi connectivity index (χ4n) is 4.97. The number of ether oxygens (including phenoxy) is 3. The number of piperidine rings is 1. The highest BCUT2D eigenvalue weighted by atomic mass is 16.5. The Morgan fingerprint density at radius 2 is 1.90 bits per heavy atom. The maximum atomic E-state index is 13.2. The highest BCUT2D eigenvalue weighted by Gasteiger charge is 2.45. The van der Waals surface area contributed by atoms with Crippen molar-refractivity contribution in [2.45, 2.75) is 57.3 Å². The van der Waals surface area contributed by atoms with Crippen molar-refractivity contribution in [3.05, 3.63) is 65.2 Å². The van der Waals surface area contributed by atoms with E-state index in [-0.39, 0.29) is 23.7 Å². The molecule has 0 N–H and O–H groups in total. The molecule has 2 atom stereocenters. The van der Waals surface area contributed by atoms with E-state index in [4.69, 9.17) is 14.2 Å². The molecule has 166 valence electrons. The molecule has 0 radical (unpaired) electrons. The fourth-order valence-corrected chi connectivity index (χ4v) is 4.97. The van der Waals surface area contributed by atoms with Crippen LogP contribution in [0.4, 0.5) is 0 Å². The van der Waals surface area contributed by atoms with Gasteiger partial charge in [-0.05, 0) is 44.4 Å². The first-order valence-electron chi connectivity index (χ1n) is 11.3. The van der Waals surface area contributed by atoms with E-state index in [1.54, 1.807) is 7.11 Å². The number of likely N-dealkylation sites (tertiary alicyclic amines) is 1. The predicted octanol–water partition coefficient (Wildman–Crippen LogP) is 4.94. The molecular weight excluding hydrogens is 390 g/mol. The summed E-state index contributed by atoms with van der Waals surface area (Å²) in [7, 11) is 1.61. The zero-order chi connectivity index (χ0) is 21.8. The van der Waals surface area contributed by atoms with E-state index in [2.05, 4.69) is 31.2 Å². The minimum Gasteiger partial charge on any atom is -0.496 e. The van der Waals surface area contributed by atoms with E-state index in [1.165, 1.54) is 5.56 Å². The molecule has 1 amide bonds. The van der Waals surface area contributed by atoms with Crippen LogP contribution in [0, 0.1) is 6.92 Å². The lowest BCUT2D eigenvalue weighted by molar-refractivity contribution is -0.190. The second-order valence-electron chi connectivity index (χ2n) is 8.71. The molecule has 2 unspecified atom stereocenters. The SMILES string of the molecule is CCOC1CC(c2ccccc2)OC2(CCN(C(=O)c3cc(C)ccc3OC)CC2)C1. The van der Waals surface area contributed by atoms with Gasteiger partial charge >= 0.3 is 0 Å². The van der Waals surface area contributed by atoms with Crippen molar-refractivity contribution in [3.63, 3.8) is 0 Å². The molecule has 2 aromatic carbocycles. The molecule has 0 bridgehead atoms. The number of benzene rings is 2. The molecule has 0 saturated carbocycles. The molecule has 5 nitrogen and oxygen atoms in total. The number of hydrogen-bond acceptors (Lipinski definition) is 4. The summed E-state index contributed by atoms with van der Waals surface area (Å²) in [5.74, 6) is 0.664. The Morgan fingerprint density at radius 1 is 1.16 bits per heavy atom. The molecule has 5 heteroatoms. The first kappa shape index (κ1) is 21.8. The van der Waals surface area contributed by atoms with Gasteiger partial charge in [0, 0.05) is 32.5 Å². The first-order valence-corrected chi connectivity index (χ1v) is 11.3. The van der Waals surface area contributed by atoms with Crippen molar-refractivity contribution < 1.29 is 19.0 Å². The van der Waals surface area contributed by atoms with Crippen LogP contribution in [0.15, 0.2) is 48.5 Å². The number of nitrogens with zero attached hydrogens (tertiary/aromatic N) is 1. The van der Waals surface area contributed by atoms with Crippen LogP contribution in [-0.2, 0) is 9.47 Å². The Kier molecular flexibility index (Phi) is 6.63. The predicted molar refractivity (Wildman–Crippen MR) is 121 cm³/mol. The Morgan fingerprint density at radius 3 is 2.58 bits per heavy atom. The standard InChI is InChI=1S/C26H33NO4/c1-4-30-21-17-24(20-8-6-5-7-9-20)31-26(18-21)12-14-27(15-13-26)25(28)22-16-19(2)10-11-23(22)29-3/h5-11,16,21,24H,4,12-15,17-18H2,1-3H3. The van der Waals surface area contributed by atoms with Crippen molar-refractivity contribution in [2.24, 2.45) is 0 Å². The molecule has 1 spiro atoms. The summed E-state index contributed by atoms with van der Waals surface area (Å²) in [5.41, 5.74) is 2.65. The number of methoxy groups -OCH3 is 1. The maximum absolute atomic E-state index is 13.2. The van der Waals surface area contributed by atoms with Gasteiger partial charge in [-0.1, -0.05) is 42.0 Å². The molecule has 31 heavy (non-hydrogen) atoms. The smallest absolute Gasteiger partial charge is 0.257 e. The van der Waals surface area contributed by atoms with Crippen LogP contribution in [0.3, 0.4) is 0 Å². The van der Waals surface area contributed by atoms with Gasteiger partial charge in [-0.2, -0.15) is 0 Å². The van der Waals surface area contributed by atoms with Gasteiger partial charge in [-0.15, -0.1) is 0 Å². The van der Waals surface area contributed by atoms with Crippen molar-refractivity contribution in [1.82, 2.24) is 4.90 Å². The van der Waals surface area contributed by atoms with Gasteiger partial charge in [-0.3, -0.25) is 4.79 Å². The molecule has 2 aliphatic rings. The molecule has 0 aliphatic carbocycles. The number of carbonyl (C=O) groups excluding carboxylic acids is 1. The van der Waals surface area contributed by atoms with Gasteiger partial charge in [0.05, 0.1) is 30.5 Å². The van der Waals surface area contributed by atoms with E-state index in [0.717, 1.165) is 31.2 Å². The summed E-state index contributed by atoms with van der Waals surface area (Å²) in [4.78, 5) is 15.2. The lowest BCUT2D eigenvalue weighted by atomic mass is 9.80. The monoisotopic (exact) mass is 423 g/mol. The third kappa shape index (κ3) is 4.78. The molecule has 2 heterocycles. The van der Waals surface area contributed by atoms with Crippen LogP contribution in [0.2, 0.25) is 0 Å². The molecule has 2 aromatic rings. The average Bonchev–Trinajstić information content (AvgIpc) is 2.80. The van der Waals surface area contributed by atoms with E-state index in [1.807, 2.05) is 36.1 Å². The van der Waals surface area contributed by atoms with Gasteiger partial charge in [0.15, 0.2) is 0 Å². The summed E-state index contributed by atoms with van der Waals surface area (Å²) < 4.78 is 18.2. The number of amides is 1. The highest BCUT2D eigenvalue weighted by Crippen LogP contribution is 2.44. The van der Waals surface area contributed by atoms with E-state index in [9.17, 15) is 4.79 Å². The van der Waals surface area contributed by atoms with Gasteiger partial charge in [0.25, 0.3) is 5.91 Å². The minimum absolute atomic E-state index is 0.0330. The van der Waals surface area contributed by atoms with Crippen LogP contribution in [0.25, 0.3) is 0 Å². The van der Waals surface area contributed by atoms with Crippen LogP contribution in [-0.4, -0.2) is 49.3 Å². The van der Waals surface area contributed by atoms with Crippen LogP contribution in [0.5, 0.6) is 5.75 Å².